The highest BCUT2D eigenvalue weighted by molar-refractivity contribution is 6.30. The summed E-state index contributed by atoms with van der Waals surface area (Å²) in [5.41, 5.74) is 2.48. The van der Waals surface area contributed by atoms with Gasteiger partial charge in [-0.1, -0.05) is 18.5 Å². The number of pyridine rings is 2. The number of rotatable bonds is 4. The van der Waals surface area contributed by atoms with Gasteiger partial charge in [-0.3, -0.25) is 9.78 Å². The van der Waals surface area contributed by atoms with Crippen LogP contribution < -0.4 is 5.56 Å². The van der Waals surface area contributed by atoms with Crippen LogP contribution in [0.1, 0.15) is 12.6 Å². The van der Waals surface area contributed by atoms with Crippen molar-refractivity contribution in [1.82, 2.24) is 9.55 Å². The lowest BCUT2D eigenvalue weighted by atomic mass is 10.0. The van der Waals surface area contributed by atoms with E-state index in [9.17, 15) is 4.79 Å². The van der Waals surface area contributed by atoms with Crippen molar-refractivity contribution in [2.75, 3.05) is 6.61 Å². The summed E-state index contributed by atoms with van der Waals surface area (Å²) >= 11 is 6.00. The second-order valence-electron chi connectivity index (χ2n) is 4.12. The van der Waals surface area contributed by atoms with Gasteiger partial charge in [0.05, 0.1) is 6.61 Å². The van der Waals surface area contributed by atoms with Gasteiger partial charge in [0, 0.05) is 30.2 Å². The largest absolute Gasteiger partial charge is 0.395 e. The first-order valence-corrected chi connectivity index (χ1v) is 6.50. The monoisotopic (exact) mass is 278 g/mol. The van der Waals surface area contributed by atoms with Gasteiger partial charge in [0.15, 0.2) is 0 Å². The summed E-state index contributed by atoms with van der Waals surface area (Å²) in [6.45, 7) is 2.13. The molecule has 0 atom stereocenters. The molecule has 19 heavy (non-hydrogen) atoms. The molecule has 2 aromatic heterocycles. The van der Waals surface area contributed by atoms with E-state index in [0.717, 1.165) is 16.8 Å². The van der Waals surface area contributed by atoms with E-state index < -0.39 is 0 Å². The van der Waals surface area contributed by atoms with E-state index in [4.69, 9.17) is 16.7 Å². The molecule has 0 aliphatic heterocycles. The van der Waals surface area contributed by atoms with Crippen molar-refractivity contribution in [3.63, 3.8) is 0 Å². The number of aliphatic hydroxyl groups excluding tert-OH is 1. The summed E-state index contributed by atoms with van der Waals surface area (Å²) in [6.07, 6.45) is 4.08. The summed E-state index contributed by atoms with van der Waals surface area (Å²) in [7, 11) is 0. The van der Waals surface area contributed by atoms with Gasteiger partial charge in [-0.15, -0.1) is 0 Å². The zero-order valence-electron chi connectivity index (χ0n) is 10.6. The Bertz CT molecular complexity index is 623. The molecule has 1 N–H and O–H groups in total. The van der Waals surface area contributed by atoms with Crippen molar-refractivity contribution < 1.29 is 5.11 Å². The fourth-order valence-corrected chi connectivity index (χ4v) is 2.38. The zero-order chi connectivity index (χ0) is 13.8. The predicted molar refractivity (Wildman–Crippen MR) is 75.4 cm³/mol. The van der Waals surface area contributed by atoms with Gasteiger partial charge in [0.25, 0.3) is 5.56 Å². The average molecular weight is 279 g/mol. The van der Waals surface area contributed by atoms with E-state index in [-0.39, 0.29) is 23.7 Å². The minimum Gasteiger partial charge on any atom is -0.395 e. The molecule has 0 saturated heterocycles. The predicted octanol–water partition coefficient (Wildman–Crippen LogP) is 2.12. The smallest absolute Gasteiger partial charge is 0.269 e. The molecule has 0 spiro atoms. The normalized spacial score (nSPS) is 10.7. The molecule has 2 heterocycles. The van der Waals surface area contributed by atoms with E-state index in [1.165, 1.54) is 4.57 Å². The van der Waals surface area contributed by atoms with Crippen molar-refractivity contribution in [3.05, 3.63) is 51.7 Å². The molecule has 0 bridgehead atoms. The van der Waals surface area contributed by atoms with Crippen LogP contribution in [-0.4, -0.2) is 21.3 Å². The first kappa shape index (κ1) is 13.8. The molecule has 100 valence electrons. The van der Waals surface area contributed by atoms with Crippen LogP contribution in [0.25, 0.3) is 11.1 Å². The van der Waals surface area contributed by atoms with E-state index in [0.29, 0.717) is 6.42 Å². The Morgan fingerprint density at radius 3 is 2.63 bits per heavy atom. The van der Waals surface area contributed by atoms with Crippen LogP contribution in [-0.2, 0) is 13.0 Å². The van der Waals surface area contributed by atoms with E-state index in [1.807, 2.05) is 19.1 Å². The molecule has 0 fully saturated rings. The maximum Gasteiger partial charge on any atom is 0.269 e. The van der Waals surface area contributed by atoms with Crippen LogP contribution in [0.15, 0.2) is 35.4 Å². The molecule has 0 aromatic carbocycles. The van der Waals surface area contributed by atoms with Crippen LogP contribution in [0.5, 0.6) is 0 Å². The van der Waals surface area contributed by atoms with Gasteiger partial charge < -0.3 is 9.67 Å². The van der Waals surface area contributed by atoms with E-state index in [1.54, 1.807) is 18.5 Å². The van der Waals surface area contributed by atoms with Crippen LogP contribution in [0, 0.1) is 0 Å². The number of halogens is 1. The summed E-state index contributed by atoms with van der Waals surface area (Å²) in [6, 6.07) is 5.43. The van der Waals surface area contributed by atoms with Gasteiger partial charge in [-0.05, 0) is 30.2 Å². The van der Waals surface area contributed by atoms with Crippen LogP contribution >= 0.6 is 11.6 Å². The third-order valence-corrected chi connectivity index (χ3v) is 3.28. The van der Waals surface area contributed by atoms with Gasteiger partial charge in [-0.2, -0.15) is 0 Å². The first-order chi connectivity index (χ1) is 9.19. The quantitative estimate of drug-likeness (QED) is 0.932. The highest BCUT2D eigenvalue weighted by Gasteiger charge is 2.13. The molecule has 2 aromatic rings. The number of hydrogen-bond donors (Lipinski definition) is 1. The van der Waals surface area contributed by atoms with Crippen molar-refractivity contribution in [2.45, 2.75) is 19.9 Å². The van der Waals surface area contributed by atoms with Crippen LogP contribution in [0.3, 0.4) is 0 Å². The highest BCUT2D eigenvalue weighted by atomic mass is 35.5. The average Bonchev–Trinajstić information content (AvgIpc) is 2.45. The second-order valence-corrected chi connectivity index (χ2v) is 4.53. The topological polar surface area (TPSA) is 55.1 Å². The third kappa shape index (κ3) is 2.69. The zero-order valence-corrected chi connectivity index (χ0v) is 11.4. The molecular formula is C14H15ClN2O2. The molecule has 2 rings (SSSR count). The SMILES string of the molecule is CCc1c(-c2ccncc2)cc(Cl)c(=O)n1CCO. The lowest BCUT2D eigenvalue weighted by Gasteiger charge is -2.16. The minimum atomic E-state index is -0.259. The molecule has 0 aliphatic rings. The molecule has 5 heteroatoms. The maximum atomic E-state index is 12.0. The fourth-order valence-electron chi connectivity index (χ4n) is 2.17. The molecule has 0 aliphatic carbocycles. The Balaban J connectivity index is 2.71. The number of hydrogen-bond acceptors (Lipinski definition) is 3. The molecule has 0 radical (unpaired) electrons. The lowest BCUT2D eigenvalue weighted by Crippen LogP contribution is -2.26. The van der Waals surface area contributed by atoms with Gasteiger partial charge in [-0.25, -0.2) is 0 Å². The standard InChI is InChI=1S/C14H15ClN2O2/c1-2-13-11(10-3-5-16-6-4-10)9-12(15)14(19)17(13)7-8-18/h3-6,9,18H,2,7-8H2,1H3. The number of aliphatic hydroxyl groups is 1. The Hall–Kier alpha value is -1.65. The fraction of sp³-hybridized carbons (Fsp3) is 0.286. The Kier molecular flexibility index (Phi) is 4.35. The van der Waals surface area contributed by atoms with Gasteiger partial charge >= 0.3 is 0 Å². The molecule has 0 amide bonds. The number of nitrogens with zero attached hydrogens (tertiary/aromatic N) is 2. The Morgan fingerprint density at radius 1 is 1.37 bits per heavy atom. The Labute approximate surface area is 116 Å². The van der Waals surface area contributed by atoms with Crippen molar-refractivity contribution in [2.24, 2.45) is 0 Å². The summed E-state index contributed by atoms with van der Waals surface area (Å²) in [5.74, 6) is 0. The molecule has 0 unspecified atom stereocenters. The van der Waals surface area contributed by atoms with Crippen molar-refractivity contribution in [1.29, 1.82) is 0 Å². The van der Waals surface area contributed by atoms with Gasteiger partial charge in [0.2, 0.25) is 0 Å². The second kappa shape index (κ2) is 5.99. The number of aromatic nitrogens is 2. The van der Waals surface area contributed by atoms with Crippen molar-refractivity contribution >= 4 is 11.6 Å². The van der Waals surface area contributed by atoms with Crippen LogP contribution in [0.4, 0.5) is 0 Å². The van der Waals surface area contributed by atoms with E-state index in [2.05, 4.69) is 4.98 Å². The lowest BCUT2D eigenvalue weighted by molar-refractivity contribution is 0.272. The summed E-state index contributed by atoms with van der Waals surface area (Å²) in [4.78, 5) is 16.0. The first-order valence-electron chi connectivity index (χ1n) is 6.12. The summed E-state index contributed by atoms with van der Waals surface area (Å²) < 4.78 is 1.54. The van der Waals surface area contributed by atoms with E-state index >= 15 is 0 Å². The summed E-state index contributed by atoms with van der Waals surface area (Å²) in [5, 5.41) is 9.27. The maximum absolute atomic E-state index is 12.0. The van der Waals surface area contributed by atoms with Crippen LogP contribution in [0.2, 0.25) is 5.02 Å². The van der Waals surface area contributed by atoms with Gasteiger partial charge in [0.1, 0.15) is 5.02 Å². The third-order valence-electron chi connectivity index (χ3n) is 3.01. The minimum absolute atomic E-state index is 0.0942. The molecular weight excluding hydrogens is 264 g/mol. The highest BCUT2D eigenvalue weighted by Crippen LogP contribution is 2.25. The Morgan fingerprint density at radius 2 is 2.05 bits per heavy atom. The molecule has 0 saturated carbocycles. The van der Waals surface area contributed by atoms with Crippen molar-refractivity contribution in [3.8, 4) is 11.1 Å². The molecule has 4 nitrogen and oxygen atoms in total.